The summed E-state index contributed by atoms with van der Waals surface area (Å²) >= 11 is 0. The molecule has 0 fully saturated rings. The normalized spacial score (nSPS) is 10.3. The van der Waals surface area contributed by atoms with Crippen molar-refractivity contribution in [3.8, 4) is 0 Å². The third-order valence-corrected chi connectivity index (χ3v) is 2.69. The Morgan fingerprint density at radius 3 is 2.62 bits per heavy atom. The Bertz CT molecular complexity index is 447. The summed E-state index contributed by atoms with van der Waals surface area (Å²) in [6.45, 7) is 3.87. The molecule has 0 amide bonds. The van der Waals surface area contributed by atoms with E-state index in [4.69, 9.17) is 9.47 Å². The van der Waals surface area contributed by atoms with E-state index in [1.165, 1.54) is 12.1 Å². The standard InChI is InChI=1S/C14H20N2O5/c1-2-21-14(17)11-20-10-9-15-8-7-12-3-5-13(6-4-12)16(18)19/h3-6,15H,2,7-11H2,1H3. The van der Waals surface area contributed by atoms with Gasteiger partial charge in [-0.1, -0.05) is 12.1 Å². The van der Waals surface area contributed by atoms with E-state index in [0.717, 1.165) is 18.5 Å². The smallest absolute Gasteiger partial charge is 0.332 e. The summed E-state index contributed by atoms with van der Waals surface area (Å²) in [7, 11) is 0. The number of carbonyl (C=O) groups is 1. The van der Waals surface area contributed by atoms with Gasteiger partial charge >= 0.3 is 5.97 Å². The van der Waals surface area contributed by atoms with E-state index < -0.39 is 4.92 Å². The van der Waals surface area contributed by atoms with E-state index in [1.807, 2.05) is 0 Å². The zero-order valence-corrected chi connectivity index (χ0v) is 12.0. The largest absolute Gasteiger partial charge is 0.464 e. The van der Waals surface area contributed by atoms with Crippen molar-refractivity contribution in [2.75, 3.05) is 32.9 Å². The molecule has 0 aliphatic carbocycles. The molecule has 0 aliphatic rings. The number of hydrogen-bond donors (Lipinski definition) is 1. The molecule has 1 aromatic carbocycles. The molecule has 0 spiro atoms. The van der Waals surface area contributed by atoms with Crippen LogP contribution < -0.4 is 5.32 Å². The lowest BCUT2D eigenvalue weighted by Gasteiger charge is -2.06. The number of ether oxygens (including phenoxy) is 2. The molecular weight excluding hydrogens is 276 g/mol. The van der Waals surface area contributed by atoms with Gasteiger partial charge in [0.1, 0.15) is 6.61 Å². The molecule has 0 radical (unpaired) electrons. The number of non-ortho nitro benzene ring substituents is 1. The van der Waals surface area contributed by atoms with Crippen molar-refractivity contribution in [3.05, 3.63) is 39.9 Å². The fourth-order valence-corrected chi connectivity index (χ4v) is 1.64. The highest BCUT2D eigenvalue weighted by atomic mass is 16.6. The van der Waals surface area contributed by atoms with Gasteiger partial charge in [-0.25, -0.2) is 4.79 Å². The summed E-state index contributed by atoms with van der Waals surface area (Å²) in [5.74, 6) is -0.358. The minimum Gasteiger partial charge on any atom is -0.464 e. The van der Waals surface area contributed by atoms with Crippen LogP contribution in [0, 0.1) is 10.1 Å². The molecule has 1 N–H and O–H groups in total. The number of hydrogen-bond acceptors (Lipinski definition) is 6. The lowest BCUT2D eigenvalue weighted by molar-refractivity contribution is -0.384. The molecule has 0 heterocycles. The number of rotatable bonds is 10. The Balaban J connectivity index is 2.06. The number of nitrogens with one attached hydrogen (secondary N) is 1. The first kappa shape index (κ1) is 17.1. The zero-order valence-electron chi connectivity index (χ0n) is 12.0. The first-order chi connectivity index (χ1) is 10.1. The highest BCUT2D eigenvalue weighted by molar-refractivity contribution is 5.70. The van der Waals surface area contributed by atoms with Crippen LogP contribution in [0.4, 0.5) is 5.69 Å². The van der Waals surface area contributed by atoms with Gasteiger partial charge in [0.2, 0.25) is 0 Å². The van der Waals surface area contributed by atoms with Gasteiger partial charge in [-0.05, 0) is 25.5 Å². The first-order valence-corrected chi connectivity index (χ1v) is 6.81. The van der Waals surface area contributed by atoms with Crippen molar-refractivity contribution in [1.82, 2.24) is 5.32 Å². The van der Waals surface area contributed by atoms with E-state index in [2.05, 4.69) is 5.32 Å². The van der Waals surface area contributed by atoms with Gasteiger partial charge < -0.3 is 14.8 Å². The lowest BCUT2D eigenvalue weighted by Crippen LogP contribution is -2.24. The highest BCUT2D eigenvalue weighted by Crippen LogP contribution is 2.11. The van der Waals surface area contributed by atoms with E-state index in [1.54, 1.807) is 19.1 Å². The summed E-state index contributed by atoms with van der Waals surface area (Å²) in [5, 5.41) is 13.7. The van der Waals surface area contributed by atoms with Gasteiger partial charge in [0.15, 0.2) is 0 Å². The minimum absolute atomic E-state index is 0.0299. The molecular formula is C14H20N2O5. The van der Waals surface area contributed by atoms with Crippen molar-refractivity contribution in [1.29, 1.82) is 0 Å². The number of nitro benzene ring substituents is 1. The SMILES string of the molecule is CCOC(=O)COCCNCCc1ccc([N+](=O)[O-])cc1. The molecule has 0 aromatic heterocycles. The molecule has 21 heavy (non-hydrogen) atoms. The Kier molecular flexibility index (Phi) is 8.00. The van der Waals surface area contributed by atoms with Gasteiger partial charge in [-0.3, -0.25) is 10.1 Å². The monoisotopic (exact) mass is 296 g/mol. The molecule has 7 heteroatoms. The molecule has 1 aromatic rings. The second kappa shape index (κ2) is 9.84. The fourth-order valence-electron chi connectivity index (χ4n) is 1.64. The third kappa shape index (κ3) is 7.38. The Hall–Kier alpha value is -1.99. The zero-order chi connectivity index (χ0) is 15.5. The molecule has 116 valence electrons. The first-order valence-electron chi connectivity index (χ1n) is 6.81. The van der Waals surface area contributed by atoms with Crippen molar-refractivity contribution in [2.45, 2.75) is 13.3 Å². The molecule has 1 rings (SSSR count). The minimum atomic E-state index is -0.414. The fraction of sp³-hybridized carbons (Fsp3) is 0.500. The van der Waals surface area contributed by atoms with Crippen LogP contribution >= 0.6 is 0 Å². The number of esters is 1. The second-order valence-electron chi connectivity index (χ2n) is 4.28. The maximum atomic E-state index is 11.0. The van der Waals surface area contributed by atoms with E-state index in [9.17, 15) is 14.9 Å². The number of benzene rings is 1. The van der Waals surface area contributed by atoms with Crippen LogP contribution in [-0.2, 0) is 20.7 Å². The van der Waals surface area contributed by atoms with Gasteiger partial charge in [0.05, 0.1) is 18.1 Å². The van der Waals surface area contributed by atoms with Crippen LogP contribution in [0.5, 0.6) is 0 Å². The summed E-state index contributed by atoms with van der Waals surface area (Å²) < 4.78 is 9.85. The maximum Gasteiger partial charge on any atom is 0.332 e. The predicted octanol–water partition coefficient (Wildman–Crippen LogP) is 1.31. The molecule has 0 atom stereocenters. The summed E-state index contributed by atoms with van der Waals surface area (Å²) in [6, 6.07) is 6.49. The van der Waals surface area contributed by atoms with Gasteiger partial charge in [-0.15, -0.1) is 0 Å². The van der Waals surface area contributed by atoms with Crippen LogP contribution in [0.15, 0.2) is 24.3 Å². The van der Waals surface area contributed by atoms with E-state index in [-0.39, 0.29) is 18.3 Å². The van der Waals surface area contributed by atoms with Crippen molar-refractivity contribution >= 4 is 11.7 Å². The van der Waals surface area contributed by atoms with Crippen molar-refractivity contribution in [3.63, 3.8) is 0 Å². The Morgan fingerprint density at radius 1 is 1.29 bits per heavy atom. The van der Waals surface area contributed by atoms with Gasteiger partial charge in [0, 0.05) is 18.7 Å². The Labute approximate surface area is 123 Å². The number of nitro groups is 1. The van der Waals surface area contributed by atoms with Crippen LogP contribution in [-0.4, -0.2) is 43.8 Å². The van der Waals surface area contributed by atoms with E-state index >= 15 is 0 Å². The van der Waals surface area contributed by atoms with Crippen molar-refractivity contribution < 1.29 is 19.2 Å². The van der Waals surface area contributed by atoms with Crippen LogP contribution in [0.1, 0.15) is 12.5 Å². The van der Waals surface area contributed by atoms with Crippen LogP contribution in [0.25, 0.3) is 0 Å². The average molecular weight is 296 g/mol. The molecule has 0 saturated carbocycles. The van der Waals surface area contributed by atoms with E-state index in [0.29, 0.717) is 19.8 Å². The number of carbonyl (C=O) groups excluding carboxylic acids is 1. The predicted molar refractivity (Wildman–Crippen MR) is 77.1 cm³/mol. The van der Waals surface area contributed by atoms with Crippen LogP contribution in [0.3, 0.4) is 0 Å². The maximum absolute atomic E-state index is 11.0. The molecule has 0 aliphatic heterocycles. The topological polar surface area (TPSA) is 90.7 Å². The molecule has 0 saturated heterocycles. The summed E-state index contributed by atoms with van der Waals surface area (Å²) in [6.07, 6.45) is 0.774. The Morgan fingerprint density at radius 2 is 2.00 bits per heavy atom. The quantitative estimate of drug-likeness (QED) is 0.303. The van der Waals surface area contributed by atoms with Crippen LogP contribution in [0.2, 0.25) is 0 Å². The molecule has 0 bridgehead atoms. The second-order valence-corrected chi connectivity index (χ2v) is 4.28. The third-order valence-electron chi connectivity index (χ3n) is 2.69. The highest BCUT2D eigenvalue weighted by Gasteiger charge is 2.03. The average Bonchev–Trinajstić information content (AvgIpc) is 2.47. The molecule has 7 nitrogen and oxygen atoms in total. The number of nitrogens with zero attached hydrogens (tertiary/aromatic N) is 1. The molecule has 0 unspecified atom stereocenters. The van der Waals surface area contributed by atoms with Crippen molar-refractivity contribution in [2.24, 2.45) is 0 Å². The van der Waals surface area contributed by atoms with Gasteiger partial charge in [-0.2, -0.15) is 0 Å². The lowest BCUT2D eigenvalue weighted by atomic mass is 10.1. The van der Waals surface area contributed by atoms with Gasteiger partial charge in [0.25, 0.3) is 5.69 Å². The summed E-state index contributed by atoms with van der Waals surface area (Å²) in [4.78, 5) is 21.1. The summed E-state index contributed by atoms with van der Waals surface area (Å²) in [5.41, 5.74) is 1.12.